The number of nitrogens with one attached hydrogen (secondary N) is 1. The maximum atomic E-state index is 12.6. The molecule has 2 heterocycles. The van der Waals surface area contributed by atoms with Gasteiger partial charge in [0.25, 0.3) is 5.91 Å². The molecule has 0 unspecified atom stereocenters. The van der Waals surface area contributed by atoms with E-state index < -0.39 is 5.91 Å². The van der Waals surface area contributed by atoms with Crippen molar-refractivity contribution >= 4 is 33.7 Å². The van der Waals surface area contributed by atoms with E-state index in [0.717, 1.165) is 11.1 Å². The van der Waals surface area contributed by atoms with Crippen LogP contribution in [0.2, 0.25) is 0 Å². The van der Waals surface area contributed by atoms with Crippen LogP contribution in [0.3, 0.4) is 0 Å². The van der Waals surface area contributed by atoms with E-state index >= 15 is 0 Å². The maximum Gasteiger partial charge on any atom is 0.291 e. The maximum absolute atomic E-state index is 12.6. The number of hydrogen-bond acceptors (Lipinski definition) is 5. The molecule has 0 fully saturated rings. The zero-order valence-electron chi connectivity index (χ0n) is 15.1. The van der Waals surface area contributed by atoms with E-state index in [2.05, 4.69) is 10.3 Å². The third-order valence-electron chi connectivity index (χ3n) is 4.52. The van der Waals surface area contributed by atoms with Crippen LogP contribution in [0.4, 0.5) is 5.69 Å². The molecule has 2 aromatic heterocycles. The van der Waals surface area contributed by atoms with Gasteiger partial charge in [0.2, 0.25) is 5.89 Å². The van der Waals surface area contributed by atoms with Gasteiger partial charge in [-0.1, -0.05) is 30.3 Å². The Kier molecular flexibility index (Phi) is 3.95. The van der Waals surface area contributed by atoms with Gasteiger partial charge in [0.1, 0.15) is 11.1 Å². The summed E-state index contributed by atoms with van der Waals surface area (Å²) in [6.45, 7) is 0. The molecule has 5 rings (SSSR count). The van der Waals surface area contributed by atoms with Gasteiger partial charge in [-0.3, -0.25) is 9.59 Å². The van der Waals surface area contributed by atoms with Crippen molar-refractivity contribution in [2.24, 2.45) is 0 Å². The summed E-state index contributed by atoms with van der Waals surface area (Å²) in [5, 5.41) is 3.19. The third kappa shape index (κ3) is 3.17. The number of fused-ring (bicyclic) bond motifs is 2. The first-order valence-electron chi connectivity index (χ1n) is 8.98. The first-order chi connectivity index (χ1) is 14.2. The van der Waals surface area contributed by atoms with Crippen LogP contribution in [-0.4, -0.2) is 10.9 Å². The van der Waals surface area contributed by atoms with Crippen molar-refractivity contribution in [3.05, 3.63) is 94.8 Å². The largest absolute Gasteiger partial charge is 0.451 e. The number of carbonyl (C=O) groups is 1. The molecule has 6 heteroatoms. The Bertz CT molecular complexity index is 1400. The Morgan fingerprint density at radius 2 is 1.62 bits per heavy atom. The Labute approximate surface area is 164 Å². The zero-order chi connectivity index (χ0) is 19.8. The van der Waals surface area contributed by atoms with E-state index in [-0.39, 0.29) is 11.2 Å². The Morgan fingerprint density at radius 3 is 2.48 bits per heavy atom. The van der Waals surface area contributed by atoms with Crippen LogP contribution in [0.1, 0.15) is 10.6 Å². The van der Waals surface area contributed by atoms with Crippen LogP contribution < -0.4 is 10.7 Å². The van der Waals surface area contributed by atoms with Gasteiger partial charge in [0.05, 0.1) is 5.39 Å². The molecule has 0 atom stereocenters. The summed E-state index contributed by atoms with van der Waals surface area (Å²) < 4.78 is 11.4. The third-order valence-corrected chi connectivity index (χ3v) is 4.52. The molecular weight excluding hydrogens is 368 g/mol. The fraction of sp³-hybridized carbons (Fsp3) is 0. The minimum atomic E-state index is -0.512. The van der Waals surface area contributed by atoms with Crippen molar-refractivity contribution in [2.75, 3.05) is 5.32 Å². The van der Waals surface area contributed by atoms with Crippen LogP contribution in [0.25, 0.3) is 33.5 Å². The predicted octanol–water partition coefficient (Wildman–Crippen LogP) is 4.85. The highest BCUT2D eigenvalue weighted by molar-refractivity contribution is 6.03. The second kappa shape index (κ2) is 6.76. The molecular formula is C23H14N2O4. The first kappa shape index (κ1) is 16.9. The lowest BCUT2D eigenvalue weighted by Gasteiger charge is -2.06. The Hall–Kier alpha value is -4.19. The fourth-order valence-corrected chi connectivity index (χ4v) is 3.13. The topological polar surface area (TPSA) is 85.3 Å². The van der Waals surface area contributed by atoms with Crippen molar-refractivity contribution in [1.82, 2.24) is 4.98 Å². The molecule has 3 aromatic carbocycles. The van der Waals surface area contributed by atoms with Crippen molar-refractivity contribution in [3.63, 3.8) is 0 Å². The number of oxazole rings is 1. The van der Waals surface area contributed by atoms with E-state index in [4.69, 9.17) is 8.83 Å². The normalized spacial score (nSPS) is 11.0. The molecule has 1 amide bonds. The highest BCUT2D eigenvalue weighted by atomic mass is 16.4. The second-order valence-electron chi connectivity index (χ2n) is 6.49. The SMILES string of the molecule is O=C(Nc1cccc(-c2nc3ccccc3o2)c1)c1cc(=O)c2ccccc2o1. The Balaban J connectivity index is 1.46. The molecule has 6 nitrogen and oxygen atoms in total. The number of amides is 1. The number of carbonyl (C=O) groups excluding carboxylic acids is 1. The quantitative estimate of drug-likeness (QED) is 0.482. The number of para-hydroxylation sites is 3. The van der Waals surface area contributed by atoms with Gasteiger partial charge in [0.15, 0.2) is 16.8 Å². The lowest BCUT2D eigenvalue weighted by Crippen LogP contribution is -2.15. The number of hydrogen-bond donors (Lipinski definition) is 1. The molecule has 0 bridgehead atoms. The highest BCUT2D eigenvalue weighted by Gasteiger charge is 2.14. The molecule has 29 heavy (non-hydrogen) atoms. The zero-order valence-corrected chi connectivity index (χ0v) is 15.1. The average Bonchev–Trinajstić information content (AvgIpc) is 3.18. The van der Waals surface area contributed by atoms with Crippen LogP contribution in [0, 0.1) is 0 Å². The molecule has 0 saturated heterocycles. The predicted molar refractivity (Wildman–Crippen MR) is 110 cm³/mol. The molecule has 0 aliphatic rings. The summed E-state index contributed by atoms with van der Waals surface area (Å²) in [5.74, 6) is -0.108. The van der Waals surface area contributed by atoms with Gasteiger partial charge in [0, 0.05) is 17.3 Å². The van der Waals surface area contributed by atoms with Gasteiger partial charge in [-0.05, 0) is 42.5 Å². The lowest BCUT2D eigenvalue weighted by atomic mass is 10.2. The first-order valence-corrected chi connectivity index (χ1v) is 8.98. The van der Waals surface area contributed by atoms with Crippen LogP contribution in [0.5, 0.6) is 0 Å². The van der Waals surface area contributed by atoms with E-state index in [9.17, 15) is 9.59 Å². The number of anilines is 1. The van der Waals surface area contributed by atoms with Gasteiger partial charge in [-0.25, -0.2) is 4.98 Å². The molecule has 0 spiro atoms. The lowest BCUT2D eigenvalue weighted by molar-refractivity contribution is 0.0997. The summed E-state index contributed by atoms with van der Waals surface area (Å²) in [4.78, 5) is 29.3. The number of aromatic nitrogens is 1. The number of nitrogens with zero attached hydrogens (tertiary/aromatic N) is 1. The monoisotopic (exact) mass is 382 g/mol. The van der Waals surface area contributed by atoms with Gasteiger partial charge >= 0.3 is 0 Å². The van der Waals surface area contributed by atoms with Crippen molar-refractivity contribution in [3.8, 4) is 11.5 Å². The van der Waals surface area contributed by atoms with E-state index in [0.29, 0.717) is 28.1 Å². The summed E-state index contributed by atoms with van der Waals surface area (Å²) in [6, 6.07) is 22.6. The molecule has 0 radical (unpaired) electrons. The highest BCUT2D eigenvalue weighted by Crippen LogP contribution is 2.26. The van der Waals surface area contributed by atoms with Crippen LogP contribution in [0.15, 0.2) is 92.5 Å². The van der Waals surface area contributed by atoms with E-state index in [1.807, 2.05) is 30.3 Å². The summed E-state index contributed by atoms with van der Waals surface area (Å²) in [7, 11) is 0. The van der Waals surface area contributed by atoms with Gasteiger partial charge < -0.3 is 14.2 Å². The van der Waals surface area contributed by atoms with Crippen LogP contribution in [-0.2, 0) is 0 Å². The van der Waals surface area contributed by atoms with Crippen molar-refractivity contribution in [1.29, 1.82) is 0 Å². The molecule has 1 N–H and O–H groups in total. The summed E-state index contributed by atoms with van der Waals surface area (Å²) >= 11 is 0. The molecule has 0 aliphatic heterocycles. The minimum absolute atomic E-state index is 0.0547. The van der Waals surface area contributed by atoms with Crippen LogP contribution >= 0.6 is 0 Å². The number of rotatable bonds is 3. The van der Waals surface area contributed by atoms with Gasteiger partial charge in [-0.2, -0.15) is 0 Å². The van der Waals surface area contributed by atoms with Gasteiger partial charge in [-0.15, -0.1) is 0 Å². The summed E-state index contributed by atoms with van der Waals surface area (Å²) in [5.41, 5.74) is 2.80. The minimum Gasteiger partial charge on any atom is -0.451 e. The Morgan fingerprint density at radius 1 is 0.828 bits per heavy atom. The summed E-state index contributed by atoms with van der Waals surface area (Å²) in [6.07, 6.45) is 0. The fourth-order valence-electron chi connectivity index (χ4n) is 3.13. The molecule has 5 aromatic rings. The molecule has 0 saturated carbocycles. The molecule has 140 valence electrons. The van der Waals surface area contributed by atoms with E-state index in [1.54, 1.807) is 42.5 Å². The van der Waals surface area contributed by atoms with E-state index in [1.165, 1.54) is 6.07 Å². The second-order valence-corrected chi connectivity index (χ2v) is 6.49. The standard InChI is InChI=1S/C23H14N2O4/c26-18-13-21(28-19-10-3-1-8-16(18)19)22(27)24-15-7-5-6-14(12-15)23-25-17-9-2-4-11-20(17)29-23/h1-13H,(H,24,27). The van der Waals surface area contributed by atoms with Crippen molar-refractivity contribution < 1.29 is 13.6 Å². The molecule has 0 aliphatic carbocycles. The number of benzene rings is 3. The smallest absolute Gasteiger partial charge is 0.291 e. The van der Waals surface area contributed by atoms with Crippen molar-refractivity contribution in [2.45, 2.75) is 0 Å². The average molecular weight is 382 g/mol.